The average molecular weight is 583 g/mol. The zero-order chi connectivity index (χ0) is 30.4. The van der Waals surface area contributed by atoms with Gasteiger partial charge in [0.2, 0.25) is 5.69 Å². The van der Waals surface area contributed by atoms with Crippen molar-refractivity contribution >= 4 is 21.9 Å². The summed E-state index contributed by atoms with van der Waals surface area (Å²) in [6, 6.07) is 31.7. The number of fused-ring (bicyclic) bond motifs is 3. The molecule has 0 bridgehead atoms. The first-order valence-electron chi connectivity index (χ1n) is 16.2. The molecule has 0 aliphatic heterocycles. The zero-order valence-corrected chi connectivity index (χ0v) is 26.2. The minimum atomic E-state index is -0.254. The van der Waals surface area contributed by atoms with Crippen molar-refractivity contribution in [3.8, 4) is 22.4 Å². The summed E-state index contributed by atoms with van der Waals surface area (Å²) in [4.78, 5) is 0. The van der Waals surface area contributed by atoms with Crippen molar-refractivity contribution in [1.82, 2.24) is 0 Å². The molecule has 1 fully saturated rings. The first kappa shape index (κ1) is 28.5. The largest absolute Gasteiger partial charge is 0.454 e. The highest BCUT2D eigenvalue weighted by atomic mass is 19.1. The minimum absolute atomic E-state index is 0.254. The van der Waals surface area contributed by atoms with E-state index in [-0.39, 0.29) is 5.82 Å². The van der Waals surface area contributed by atoms with E-state index >= 15 is 4.39 Å². The van der Waals surface area contributed by atoms with Crippen LogP contribution in [0.5, 0.6) is 0 Å². The van der Waals surface area contributed by atoms with Gasteiger partial charge in [-0.15, -0.1) is 0 Å². The average Bonchev–Trinajstić information content (AvgIpc) is 3.41. The van der Waals surface area contributed by atoms with Gasteiger partial charge in [0.25, 0.3) is 0 Å². The number of hydrogen-bond donors (Lipinski definition) is 0. The van der Waals surface area contributed by atoms with Crippen LogP contribution in [0.4, 0.5) is 4.39 Å². The fourth-order valence-electron chi connectivity index (χ4n) is 7.43. The van der Waals surface area contributed by atoms with Crippen LogP contribution in [0.25, 0.3) is 44.3 Å². The number of halogens is 1. The van der Waals surface area contributed by atoms with Crippen LogP contribution in [0, 0.1) is 18.7 Å². The molecule has 3 heteroatoms. The molecule has 0 radical (unpaired) electrons. The number of furan rings is 1. The molecule has 2 nitrogen and oxygen atoms in total. The number of pyridine rings is 1. The number of hydrogen-bond acceptors (Lipinski definition) is 1. The molecule has 2 aromatic heterocycles. The van der Waals surface area contributed by atoms with Crippen molar-refractivity contribution in [3.63, 3.8) is 0 Å². The number of aromatic nitrogens is 1. The van der Waals surface area contributed by atoms with Crippen LogP contribution in [0.3, 0.4) is 0 Å². The fourth-order valence-corrected chi connectivity index (χ4v) is 7.43. The maximum Gasteiger partial charge on any atom is 0.216 e. The highest BCUT2D eigenvalue weighted by Crippen LogP contribution is 2.43. The third-order valence-corrected chi connectivity index (χ3v) is 9.75. The van der Waals surface area contributed by atoms with Crippen LogP contribution in [0.1, 0.15) is 73.6 Å². The molecule has 1 aliphatic rings. The standard InChI is InChI=1S/C41H41FNO/c1-26(2)24-28-22-23-43(4)37(25-28)38-27(3)10-19-34-35-20-21-36(42)39(41(35)44-40(34)38)33-17-15-32(16-18-33)31-13-11-30(12-14-31)29-8-6-5-7-9-29/h5-10,15-23,25-26,30-31H,11-14,24H2,1-4H3/q+1. The summed E-state index contributed by atoms with van der Waals surface area (Å²) in [7, 11) is 2.08. The molecule has 4 aromatic carbocycles. The van der Waals surface area contributed by atoms with E-state index in [2.05, 4.69) is 117 Å². The Morgan fingerprint density at radius 3 is 2.02 bits per heavy atom. The van der Waals surface area contributed by atoms with Gasteiger partial charge in [0.05, 0.1) is 11.1 Å². The Bertz CT molecular complexity index is 1940. The molecule has 6 aromatic rings. The summed E-state index contributed by atoms with van der Waals surface area (Å²) in [5.74, 6) is 1.52. The van der Waals surface area contributed by atoms with Crippen molar-refractivity contribution in [3.05, 3.63) is 125 Å². The lowest BCUT2D eigenvalue weighted by Crippen LogP contribution is -2.31. The quantitative estimate of drug-likeness (QED) is 0.179. The molecule has 7 rings (SSSR count). The van der Waals surface area contributed by atoms with Gasteiger partial charge in [-0.2, -0.15) is 0 Å². The second-order valence-electron chi connectivity index (χ2n) is 13.2. The van der Waals surface area contributed by atoms with E-state index in [0.717, 1.165) is 45.2 Å². The third kappa shape index (κ3) is 5.23. The van der Waals surface area contributed by atoms with Gasteiger partial charge >= 0.3 is 0 Å². The van der Waals surface area contributed by atoms with E-state index in [1.165, 1.54) is 42.4 Å². The van der Waals surface area contributed by atoms with Gasteiger partial charge in [0.15, 0.2) is 6.20 Å². The second kappa shape index (κ2) is 11.7. The molecule has 44 heavy (non-hydrogen) atoms. The normalized spacial score (nSPS) is 17.1. The maximum atomic E-state index is 15.7. The molecule has 0 unspecified atom stereocenters. The van der Waals surface area contributed by atoms with Gasteiger partial charge in [-0.3, -0.25) is 0 Å². The van der Waals surface area contributed by atoms with E-state index in [9.17, 15) is 0 Å². The highest BCUT2D eigenvalue weighted by Gasteiger charge is 2.25. The smallest absolute Gasteiger partial charge is 0.216 e. The lowest BCUT2D eigenvalue weighted by Gasteiger charge is -2.29. The van der Waals surface area contributed by atoms with Gasteiger partial charge in [-0.1, -0.05) is 80.6 Å². The first-order chi connectivity index (χ1) is 21.4. The van der Waals surface area contributed by atoms with E-state index < -0.39 is 0 Å². The van der Waals surface area contributed by atoms with Gasteiger partial charge in [-0.25, -0.2) is 8.96 Å². The Morgan fingerprint density at radius 2 is 1.36 bits per heavy atom. The van der Waals surface area contributed by atoms with Crippen LogP contribution in [0.15, 0.2) is 102 Å². The topological polar surface area (TPSA) is 17.0 Å². The highest BCUT2D eigenvalue weighted by molar-refractivity contribution is 6.13. The van der Waals surface area contributed by atoms with Crippen LogP contribution in [0.2, 0.25) is 0 Å². The van der Waals surface area contributed by atoms with Crippen molar-refractivity contribution in [2.45, 2.75) is 64.7 Å². The van der Waals surface area contributed by atoms with Crippen molar-refractivity contribution < 1.29 is 13.4 Å². The van der Waals surface area contributed by atoms with Gasteiger partial charge in [0.1, 0.15) is 24.0 Å². The summed E-state index contributed by atoms with van der Waals surface area (Å²) in [5, 5.41) is 1.96. The molecule has 0 N–H and O–H groups in total. The van der Waals surface area contributed by atoms with Crippen LogP contribution in [-0.2, 0) is 13.5 Å². The molecular weight excluding hydrogens is 541 g/mol. The molecular formula is C41H41FNO+. The summed E-state index contributed by atoms with van der Waals surface area (Å²) >= 11 is 0. The summed E-state index contributed by atoms with van der Waals surface area (Å²) < 4.78 is 24.5. The van der Waals surface area contributed by atoms with E-state index in [0.29, 0.717) is 28.9 Å². The first-order valence-corrected chi connectivity index (χ1v) is 16.2. The zero-order valence-electron chi connectivity index (χ0n) is 26.2. The number of benzene rings is 4. The molecule has 2 heterocycles. The fraction of sp³-hybridized carbons (Fsp3) is 0.293. The minimum Gasteiger partial charge on any atom is -0.454 e. The Balaban J connectivity index is 1.25. The SMILES string of the molecule is Cc1ccc2c(oc3c(-c4ccc(C5CCC(c6ccccc6)CC5)cc4)c(F)ccc32)c1-c1cc(CC(C)C)cc[n+]1C. The second-order valence-corrected chi connectivity index (χ2v) is 13.2. The Morgan fingerprint density at radius 1 is 0.750 bits per heavy atom. The lowest BCUT2D eigenvalue weighted by atomic mass is 9.76. The van der Waals surface area contributed by atoms with Crippen molar-refractivity contribution in [1.29, 1.82) is 0 Å². The van der Waals surface area contributed by atoms with Gasteiger partial charge < -0.3 is 4.42 Å². The van der Waals surface area contributed by atoms with Crippen molar-refractivity contribution in [2.75, 3.05) is 0 Å². The molecule has 0 spiro atoms. The van der Waals surface area contributed by atoms with Crippen LogP contribution < -0.4 is 4.57 Å². The lowest BCUT2D eigenvalue weighted by molar-refractivity contribution is -0.660. The predicted molar refractivity (Wildman–Crippen MR) is 179 cm³/mol. The Kier molecular flexibility index (Phi) is 7.58. The molecule has 1 aliphatic carbocycles. The predicted octanol–water partition coefficient (Wildman–Crippen LogP) is 10.8. The number of nitrogens with zero attached hydrogens (tertiary/aromatic N) is 1. The van der Waals surface area contributed by atoms with E-state index in [1.54, 1.807) is 6.07 Å². The molecule has 0 amide bonds. The Labute approximate surface area is 260 Å². The van der Waals surface area contributed by atoms with Gasteiger partial charge in [-0.05, 0) is 96.7 Å². The van der Waals surface area contributed by atoms with E-state index in [4.69, 9.17) is 4.42 Å². The van der Waals surface area contributed by atoms with Crippen molar-refractivity contribution in [2.24, 2.45) is 13.0 Å². The number of rotatable bonds is 6. The summed E-state index contributed by atoms with van der Waals surface area (Å²) in [6.45, 7) is 6.62. The summed E-state index contributed by atoms with van der Waals surface area (Å²) in [6.07, 6.45) is 7.94. The van der Waals surface area contributed by atoms with E-state index in [1.807, 2.05) is 6.07 Å². The van der Waals surface area contributed by atoms with Crippen LogP contribution in [-0.4, -0.2) is 0 Å². The maximum absolute atomic E-state index is 15.7. The number of aryl methyl sites for hydroxylation is 2. The third-order valence-electron chi connectivity index (χ3n) is 9.75. The molecule has 0 atom stereocenters. The summed E-state index contributed by atoms with van der Waals surface area (Å²) in [5.41, 5.74) is 10.3. The molecule has 222 valence electrons. The van der Waals surface area contributed by atoms with Crippen LogP contribution >= 0.6 is 0 Å². The monoisotopic (exact) mass is 582 g/mol. The Hall–Kier alpha value is -4.24. The molecule has 1 saturated carbocycles. The van der Waals surface area contributed by atoms with Gasteiger partial charge in [0, 0.05) is 22.9 Å². The molecule has 0 saturated heterocycles.